The number of carbonyl (C=O) groups is 2. The van der Waals surface area contributed by atoms with Gasteiger partial charge in [-0.2, -0.15) is 0 Å². The first-order valence-electron chi connectivity index (χ1n) is 10.9. The predicted molar refractivity (Wildman–Crippen MR) is 120 cm³/mol. The minimum Gasteiger partial charge on any atom is -0.497 e. The van der Waals surface area contributed by atoms with Crippen molar-refractivity contribution in [3.63, 3.8) is 0 Å². The summed E-state index contributed by atoms with van der Waals surface area (Å²) < 4.78 is 11.2. The van der Waals surface area contributed by atoms with E-state index < -0.39 is 0 Å². The van der Waals surface area contributed by atoms with E-state index in [1.807, 2.05) is 36.4 Å². The van der Waals surface area contributed by atoms with Crippen LogP contribution < -0.4 is 19.7 Å². The summed E-state index contributed by atoms with van der Waals surface area (Å²) in [4.78, 5) is 27.6. The zero-order chi connectivity index (χ0) is 21.6. The number of para-hydroxylation sites is 2. The number of carbonyl (C=O) groups excluding carboxylic acids is 2. The van der Waals surface area contributed by atoms with Gasteiger partial charge in [0.05, 0.1) is 12.8 Å². The molecular formula is C25H28N2O4. The van der Waals surface area contributed by atoms with Crippen LogP contribution in [0.5, 0.6) is 11.5 Å². The molecule has 2 aromatic carbocycles. The molecule has 6 nitrogen and oxygen atoms in total. The molecular weight excluding hydrogens is 392 g/mol. The van der Waals surface area contributed by atoms with Gasteiger partial charge in [-0.25, -0.2) is 0 Å². The van der Waals surface area contributed by atoms with Gasteiger partial charge in [-0.3, -0.25) is 14.5 Å². The Balaban J connectivity index is 1.56. The van der Waals surface area contributed by atoms with Crippen LogP contribution in [0.15, 0.2) is 54.3 Å². The largest absolute Gasteiger partial charge is 0.497 e. The molecule has 0 unspecified atom stereocenters. The maximum absolute atomic E-state index is 13.3. The fraction of sp³-hybridized carbons (Fsp3) is 0.360. The van der Waals surface area contributed by atoms with Crippen molar-refractivity contribution in [3.05, 3.63) is 59.9 Å². The molecule has 1 heterocycles. The second-order valence-corrected chi connectivity index (χ2v) is 8.00. The molecule has 1 aliphatic heterocycles. The second kappa shape index (κ2) is 9.69. The van der Waals surface area contributed by atoms with Crippen molar-refractivity contribution >= 4 is 23.6 Å². The predicted octanol–water partition coefficient (Wildman–Crippen LogP) is 4.30. The van der Waals surface area contributed by atoms with Gasteiger partial charge in [0.25, 0.3) is 5.91 Å². The van der Waals surface area contributed by atoms with Crippen LogP contribution in [-0.4, -0.2) is 31.5 Å². The van der Waals surface area contributed by atoms with Crippen molar-refractivity contribution in [1.82, 2.24) is 5.32 Å². The molecule has 4 rings (SSSR count). The highest BCUT2D eigenvalue weighted by atomic mass is 16.5. The molecule has 1 N–H and O–H groups in total. The van der Waals surface area contributed by atoms with E-state index in [-0.39, 0.29) is 30.2 Å². The van der Waals surface area contributed by atoms with Crippen LogP contribution in [0.3, 0.4) is 0 Å². The molecule has 0 radical (unpaired) electrons. The molecule has 0 spiro atoms. The van der Waals surface area contributed by atoms with Crippen molar-refractivity contribution in [1.29, 1.82) is 0 Å². The Hall–Kier alpha value is -3.28. The average Bonchev–Trinajstić information content (AvgIpc) is 3.05. The van der Waals surface area contributed by atoms with Crippen molar-refractivity contribution in [3.8, 4) is 11.5 Å². The Morgan fingerprint density at radius 3 is 2.68 bits per heavy atom. The molecule has 0 saturated heterocycles. The summed E-state index contributed by atoms with van der Waals surface area (Å²) in [5.74, 6) is 0.945. The molecule has 6 heteroatoms. The molecule has 1 aliphatic carbocycles. The second-order valence-electron chi connectivity index (χ2n) is 8.00. The van der Waals surface area contributed by atoms with Gasteiger partial charge in [-0.1, -0.05) is 49.9 Å². The van der Waals surface area contributed by atoms with Gasteiger partial charge >= 0.3 is 0 Å². The first kappa shape index (κ1) is 21.0. The maximum atomic E-state index is 13.3. The molecule has 0 aromatic heterocycles. The van der Waals surface area contributed by atoms with Gasteiger partial charge in [-0.05, 0) is 48.7 Å². The molecule has 1 fully saturated rings. The lowest BCUT2D eigenvalue weighted by atomic mass is 10.1. The average molecular weight is 421 g/mol. The van der Waals surface area contributed by atoms with Crippen LogP contribution >= 0.6 is 0 Å². The number of fused-ring (bicyclic) bond motifs is 1. The van der Waals surface area contributed by atoms with E-state index >= 15 is 0 Å². The summed E-state index contributed by atoms with van der Waals surface area (Å²) in [6, 6.07) is 14.9. The topological polar surface area (TPSA) is 67.9 Å². The monoisotopic (exact) mass is 420 g/mol. The number of nitrogens with zero attached hydrogens (tertiary/aromatic N) is 1. The molecule has 31 heavy (non-hydrogen) atoms. The number of amides is 2. The number of nitrogens with one attached hydrogen (secondary N) is 1. The first-order chi connectivity index (χ1) is 15.1. The number of hydrogen-bond donors (Lipinski definition) is 1. The van der Waals surface area contributed by atoms with Gasteiger partial charge in [0, 0.05) is 6.04 Å². The van der Waals surface area contributed by atoms with Gasteiger partial charge in [-0.15, -0.1) is 0 Å². The first-order valence-corrected chi connectivity index (χ1v) is 10.9. The molecule has 2 aromatic rings. The van der Waals surface area contributed by atoms with E-state index in [9.17, 15) is 9.59 Å². The minimum atomic E-state index is -0.336. The Kier molecular flexibility index (Phi) is 6.55. The molecule has 162 valence electrons. The van der Waals surface area contributed by atoms with Crippen molar-refractivity contribution < 1.29 is 19.1 Å². The van der Waals surface area contributed by atoms with Crippen LogP contribution in [0, 0.1) is 0 Å². The van der Waals surface area contributed by atoms with Crippen LogP contribution in [0.2, 0.25) is 0 Å². The van der Waals surface area contributed by atoms with E-state index in [1.165, 1.54) is 17.7 Å². The third kappa shape index (κ3) is 5.08. The minimum absolute atomic E-state index is 0.0366. The summed E-state index contributed by atoms with van der Waals surface area (Å²) >= 11 is 0. The summed E-state index contributed by atoms with van der Waals surface area (Å²) in [6.45, 7) is -0.0366. The van der Waals surface area contributed by atoms with Crippen molar-refractivity contribution in [2.75, 3.05) is 18.6 Å². The highest BCUT2D eigenvalue weighted by Gasteiger charge is 2.32. The van der Waals surface area contributed by atoms with E-state index in [4.69, 9.17) is 9.47 Å². The third-order valence-electron chi connectivity index (χ3n) is 5.75. The number of ether oxygens (including phenoxy) is 2. The normalized spacial score (nSPS) is 18.2. The van der Waals surface area contributed by atoms with E-state index in [1.54, 1.807) is 25.3 Å². The van der Waals surface area contributed by atoms with Crippen LogP contribution in [-0.2, 0) is 9.59 Å². The van der Waals surface area contributed by atoms with E-state index in [0.29, 0.717) is 17.2 Å². The summed E-state index contributed by atoms with van der Waals surface area (Å²) in [5.41, 5.74) is 1.39. The Bertz CT molecular complexity index is 977. The highest BCUT2D eigenvalue weighted by Crippen LogP contribution is 2.35. The zero-order valence-corrected chi connectivity index (χ0v) is 17.8. The fourth-order valence-electron chi connectivity index (χ4n) is 4.14. The lowest BCUT2D eigenvalue weighted by Crippen LogP contribution is -2.46. The third-order valence-corrected chi connectivity index (χ3v) is 5.75. The number of hydrogen-bond acceptors (Lipinski definition) is 4. The summed E-state index contributed by atoms with van der Waals surface area (Å²) in [7, 11) is 1.60. The smallest absolute Gasteiger partial charge is 0.294 e. The van der Waals surface area contributed by atoms with Gasteiger partial charge in [0.2, 0.25) is 5.91 Å². The van der Waals surface area contributed by atoms with Crippen LogP contribution in [0.25, 0.3) is 6.08 Å². The Labute approximate surface area is 182 Å². The number of methoxy groups -OCH3 is 1. The summed E-state index contributed by atoms with van der Waals surface area (Å²) in [5, 5.41) is 3.13. The quantitative estimate of drug-likeness (QED) is 0.578. The fourth-order valence-corrected chi connectivity index (χ4v) is 4.14. The van der Waals surface area contributed by atoms with Gasteiger partial charge in [0.15, 0.2) is 11.5 Å². The van der Waals surface area contributed by atoms with Crippen molar-refractivity contribution in [2.24, 2.45) is 0 Å². The lowest BCUT2D eigenvalue weighted by molar-refractivity contribution is -0.124. The molecule has 0 bridgehead atoms. The molecule has 0 atom stereocenters. The highest BCUT2D eigenvalue weighted by molar-refractivity contribution is 6.12. The molecule has 1 saturated carbocycles. The Morgan fingerprint density at radius 1 is 1.13 bits per heavy atom. The SMILES string of the molecule is COc1cccc(C=C2Oc3ccccc3N(CC(=O)NC3CCCCCC3)C2=O)c1. The Morgan fingerprint density at radius 2 is 1.90 bits per heavy atom. The lowest BCUT2D eigenvalue weighted by Gasteiger charge is -2.30. The molecule has 2 amide bonds. The zero-order valence-electron chi connectivity index (χ0n) is 17.8. The van der Waals surface area contributed by atoms with Gasteiger partial charge in [0.1, 0.15) is 12.3 Å². The maximum Gasteiger partial charge on any atom is 0.294 e. The van der Waals surface area contributed by atoms with Gasteiger partial charge < -0.3 is 14.8 Å². The van der Waals surface area contributed by atoms with E-state index in [2.05, 4.69) is 5.32 Å². The number of anilines is 1. The number of benzene rings is 2. The summed E-state index contributed by atoms with van der Waals surface area (Å²) in [6.07, 6.45) is 8.40. The van der Waals surface area contributed by atoms with Crippen LogP contribution in [0.4, 0.5) is 5.69 Å². The molecule has 2 aliphatic rings. The van der Waals surface area contributed by atoms with E-state index in [0.717, 1.165) is 31.2 Å². The van der Waals surface area contributed by atoms with Crippen LogP contribution in [0.1, 0.15) is 44.1 Å². The van der Waals surface area contributed by atoms with Crippen molar-refractivity contribution in [2.45, 2.75) is 44.6 Å². The standard InChI is InChI=1S/C25H28N2O4/c1-30-20-12-8-9-18(15-20)16-23-25(29)27(21-13-6-7-14-22(21)31-23)17-24(28)26-19-10-4-2-3-5-11-19/h6-9,12-16,19H,2-5,10-11,17H2,1H3,(H,26,28). The number of rotatable bonds is 5.